The molecule has 146 valence electrons. The van der Waals surface area contributed by atoms with Crippen LogP contribution in [0.1, 0.15) is 44.0 Å². The van der Waals surface area contributed by atoms with Gasteiger partial charge in [-0.25, -0.2) is 4.98 Å². The lowest BCUT2D eigenvalue weighted by atomic mass is 9.72. The van der Waals surface area contributed by atoms with Crippen LogP contribution in [0.2, 0.25) is 0 Å². The van der Waals surface area contributed by atoms with E-state index < -0.39 is 17.8 Å². The topological polar surface area (TPSA) is 106 Å². The number of hydrogen-bond donors (Lipinski definition) is 1. The van der Waals surface area contributed by atoms with E-state index in [-0.39, 0.29) is 17.2 Å². The van der Waals surface area contributed by atoms with Crippen molar-refractivity contribution in [1.29, 1.82) is 5.26 Å². The molecule has 0 unspecified atom stereocenters. The third kappa shape index (κ3) is 4.23. The van der Waals surface area contributed by atoms with Crippen molar-refractivity contribution in [1.82, 2.24) is 4.98 Å². The van der Waals surface area contributed by atoms with Gasteiger partial charge < -0.3 is 10.5 Å². The standard InChI is InChI=1S/C21H23N3O3S/c1-14(23)15(12-22)17(25)13-27-20(26)21(9-5-2-6-10-21)11-19-24-16-7-3-4-8-18(16)28-19/h3-4,7-8H,2,5-6,9-11,13,23H2,1H3/b15-14+. The number of para-hydroxylation sites is 1. The number of benzene rings is 1. The molecule has 2 aromatic rings. The number of ether oxygens (including phenoxy) is 1. The first kappa shape index (κ1) is 20.0. The molecule has 0 amide bonds. The van der Waals surface area contributed by atoms with Crippen LogP contribution in [0, 0.1) is 16.7 Å². The van der Waals surface area contributed by atoms with Gasteiger partial charge >= 0.3 is 5.97 Å². The molecule has 1 heterocycles. The third-order valence-electron chi connectivity index (χ3n) is 5.19. The minimum absolute atomic E-state index is 0.130. The number of carbonyl (C=O) groups excluding carboxylic acids is 2. The second-order valence-corrected chi connectivity index (χ2v) is 8.38. The molecule has 6 nitrogen and oxygen atoms in total. The van der Waals surface area contributed by atoms with Crippen LogP contribution in [-0.2, 0) is 20.7 Å². The van der Waals surface area contributed by atoms with Crippen molar-refractivity contribution < 1.29 is 14.3 Å². The van der Waals surface area contributed by atoms with E-state index in [9.17, 15) is 9.59 Å². The van der Waals surface area contributed by atoms with Crippen LogP contribution in [0.3, 0.4) is 0 Å². The molecular formula is C21H23N3O3S. The normalized spacial score (nSPS) is 16.9. The van der Waals surface area contributed by atoms with E-state index in [1.165, 1.54) is 6.92 Å². The fourth-order valence-corrected chi connectivity index (χ4v) is 4.80. The van der Waals surface area contributed by atoms with Crippen molar-refractivity contribution in [3.63, 3.8) is 0 Å². The molecule has 0 bridgehead atoms. The Morgan fingerprint density at radius 3 is 2.64 bits per heavy atom. The second-order valence-electron chi connectivity index (χ2n) is 7.26. The van der Waals surface area contributed by atoms with E-state index >= 15 is 0 Å². The van der Waals surface area contributed by atoms with Crippen molar-refractivity contribution in [2.75, 3.05) is 6.61 Å². The van der Waals surface area contributed by atoms with E-state index in [1.54, 1.807) is 17.4 Å². The van der Waals surface area contributed by atoms with Crippen LogP contribution in [0.25, 0.3) is 10.2 Å². The molecule has 3 rings (SSSR count). The quantitative estimate of drug-likeness (QED) is 0.453. The Kier molecular flexibility index (Phi) is 6.10. The number of hydrogen-bond acceptors (Lipinski definition) is 7. The maximum atomic E-state index is 13.0. The maximum Gasteiger partial charge on any atom is 0.312 e. The minimum atomic E-state index is -0.666. The van der Waals surface area contributed by atoms with E-state index in [0.717, 1.165) is 34.5 Å². The van der Waals surface area contributed by atoms with Gasteiger partial charge in [-0.15, -0.1) is 11.3 Å². The Morgan fingerprint density at radius 2 is 2.00 bits per heavy atom. The Balaban J connectivity index is 1.77. The number of nitrogens with zero attached hydrogens (tertiary/aromatic N) is 2. The van der Waals surface area contributed by atoms with Crippen LogP contribution < -0.4 is 5.73 Å². The predicted octanol–water partition coefficient (Wildman–Crippen LogP) is 3.66. The summed E-state index contributed by atoms with van der Waals surface area (Å²) in [4.78, 5) is 29.8. The number of thiazole rings is 1. The Hall–Kier alpha value is -2.72. The van der Waals surface area contributed by atoms with Gasteiger partial charge in [0.25, 0.3) is 0 Å². The molecule has 1 aromatic carbocycles. The van der Waals surface area contributed by atoms with Gasteiger partial charge in [0.1, 0.15) is 11.6 Å². The van der Waals surface area contributed by atoms with Crippen LogP contribution in [-0.4, -0.2) is 23.3 Å². The number of ketones is 1. The highest BCUT2D eigenvalue weighted by atomic mass is 32.1. The number of aromatic nitrogens is 1. The average molecular weight is 398 g/mol. The monoisotopic (exact) mass is 397 g/mol. The van der Waals surface area contributed by atoms with Crippen LogP contribution in [0.5, 0.6) is 0 Å². The van der Waals surface area contributed by atoms with Crippen LogP contribution in [0.15, 0.2) is 35.5 Å². The number of carbonyl (C=O) groups is 2. The van der Waals surface area contributed by atoms with Gasteiger partial charge in [0.2, 0.25) is 5.78 Å². The Morgan fingerprint density at radius 1 is 1.29 bits per heavy atom. The molecule has 1 saturated carbocycles. The number of nitriles is 1. The molecule has 0 spiro atoms. The zero-order chi connectivity index (χ0) is 20.1. The first-order chi connectivity index (χ1) is 13.4. The molecular weight excluding hydrogens is 374 g/mol. The maximum absolute atomic E-state index is 13.0. The summed E-state index contributed by atoms with van der Waals surface area (Å²) in [6, 6.07) is 9.68. The predicted molar refractivity (Wildman–Crippen MR) is 107 cm³/mol. The molecule has 1 aliphatic rings. The first-order valence-electron chi connectivity index (χ1n) is 9.36. The Labute approximate surface area is 168 Å². The summed E-state index contributed by atoms with van der Waals surface area (Å²) in [6.07, 6.45) is 4.91. The number of Topliss-reactive ketones (excluding diaryl/α,β-unsaturated/α-hetero) is 1. The summed E-state index contributed by atoms with van der Waals surface area (Å²) in [5, 5.41) is 9.94. The van der Waals surface area contributed by atoms with Crippen LogP contribution in [0.4, 0.5) is 0 Å². The zero-order valence-corrected chi connectivity index (χ0v) is 16.7. The molecule has 1 aliphatic carbocycles. The number of fused-ring (bicyclic) bond motifs is 1. The van der Waals surface area contributed by atoms with Gasteiger partial charge in [-0.3, -0.25) is 9.59 Å². The number of nitrogens with two attached hydrogens (primary N) is 1. The Bertz CT molecular complexity index is 928. The highest BCUT2D eigenvalue weighted by Crippen LogP contribution is 2.41. The molecule has 0 aliphatic heterocycles. The summed E-state index contributed by atoms with van der Waals surface area (Å²) in [6.45, 7) is 1.02. The van der Waals surface area contributed by atoms with E-state index in [1.807, 2.05) is 24.3 Å². The number of rotatable bonds is 6. The van der Waals surface area contributed by atoms with E-state index in [0.29, 0.717) is 19.3 Å². The molecule has 0 atom stereocenters. The summed E-state index contributed by atoms with van der Waals surface area (Å²) >= 11 is 1.59. The lowest BCUT2D eigenvalue weighted by Crippen LogP contribution is -2.38. The summed E-state index contributed by atoms with van der Waals surface area (Å²) < 4.78 is 6.47. The van der Waals surface area contributed by atoms with Crippen molar-refractivity contribution in [2.24, 2.45) is 11.1 Å². The zero-order valence-electron chi connectivity index (χ0n) is 15.9. The van der Waals surface area contributed by atoms with Crippen molar-refractivity contribution in [3.8, 4) is 6.07 Å². The van der Waals surface area contributed by atoms with Crippen LogP contribution >= 0.6 is 11.3 Å². The fourth-order valence-electron chi connectivity index (χ4n) is 3.69. The molecule has 0 saturated heterocycles. The highest BCUT2D eigenvalue weighted by Gasteiger charge is 2.42. The molecule has 28 heavy (non-hydrogen) atoms. The van der Waals surface area contributed by atoms with Gasteiger partial charge in [0, 0.05) is 12.1 Å². The summed E-state index contributed by atoms with van der Waals surface area (Å²) in [5.41, 5.74) is 5.79. The molecule has 0 radical (unpaired) electrons. The van der Waals surface area contributed by atoms with Crippen molar-refractivity contribution in [2.45, 2.75) is 45.4 Å². The lowest BCUT2D eigenvalue weighted by Gasteiger charge is -2.34. The molecule has 1 aromatic heterocycles. The number of esters is 1. The van der Waals surface area contributed by atoms with Gasteiger partial charge in [0.05, 0.1) is 20.6 Å². The van der Waals surface area contributed by atoms with Gasteiger partial charge in [-0.1, -0.05) is 31.4 Å². The largest absolute Gasteiger partial charge is 0.457 e. The van der Waals surface area contributed by atoms with E-state index in [2.05, 4.69) is 4.98 Å². The average Bonchev–Trinajstić information content (AvgIpc) is 3.09. The third-order valence-corrected chi connectivity index (χ3v) is 6.23. The first-order valence-corrected chi connectivity index (χ1v) is 10.2. The van der Waals surface area contributed by atoms with Gasteiger partial charge in [-0.2, -0.15) is 5.26 Å². The second kappa shape index (κ2) is 8.53. The SMILES string of the molecule is C/C(N)=C(/C#N)C(=O)COC(=O)C1(Cc2nc3ccccc3s2)CCCCC1. The van der Waals surface area contributed by atoms with E-state index in [4.69, 9.17) is 15.7 Å². The molecule has 7 heteroatoms. The molecule has 1 fully saturated rings. The number of allylic oxidation sites excluding steroid dienone is 1. The van der Waals surface area contributed by atoms with Crippen molar-refractivity contribution in [3.05, 3.63) is 40.5 Å². The fraction of sp³-hybridized carbons (Fsp3) is 0.429. The molecule has 2 N–H and O–H groups in total. The highest BCUT2D eigenvalue weighted by molar-refractivity contribution is 7.18. The van der Waals surface area contributed by atoms with Gasteiger partial charge in [0.15, 0.2) is 6.61 Å². The van der Waals surface area contributed by atoms with Gasteiger partial charge in [-0.05, 0) is 31.9 Å². The lowest BCUT2D eigenvalue weighted by molar-refractivity contribution is -0.160. The smallest absolute Gasteiger partial charge is 0.312 e. The summed E-state index contributed by atoms with van der Waals surface area (Å²) in [5.74, 6) is -0.950. The summed E-state index contributed by atoms with van der Waals surface area (Å²) in [7, 11) is 0. The van der Waals surface area contributed by atoms with Crippen molar-refractivity contribution >= 4 is 33.3 Å². The minimum Gasteiger partial charge on any atom is -0.457 e.